The van der Waals surface area contributed by atoms with Gasteiger partial charge in [0.25, 0.3) is 0 Å². The largest absolute Gasteiger partial charge is 0.497 e. The zero-order chi connectivity index (χ0) is 13.4. The molecular weight excluding hydrogens is 245 g/mol. The fourth-order valence-electron chi connectivity index (χ4n) is 2.28. The van der Waals surface area contributed by atoms with Gasteiger partial charge in [-0.2, -0.15) is 0 Å². The molecule has 96 valence electrons. The van der Waals surface area contributed by atoms with Gasteiger partial charge in [-0.15, -0.1) is 0 Å². The Bertz CT molecular complexity index is 637. The molecule has 0 spiro atoms. The van der Waals surface area contributed by atoms with Crippen molar-refractivity contribution in [3.8, 4) is 5.75 Å². The Labute approximate surface area is 110 Å². The summed E-state index contributed by atoms with van der Waals surface area (Å²) in [6.07, 6.45) is 0.358. The first-order chi connectivity index (χ1) is 9.19. The summed E-state index contributed by atoms with van der Waals surface area (Å²) in [5.41, 5.74) is 2.42. The number of nitrogens with zero attached hydrogens (tertiary/aromatic N) is 1. The first-order valence-corrected chi connectivity index (χ1v) is 5.94. The second-order valence-electron chi connectivity index (χ2n) is 4.38. The summed E-state index contributed by atoms with van der Waals surface area (Å²) in [6, 6.07) is 11.4. The Kier molecular flexibility index (Phi) is 2.71. The molecule has 0 radical (unpaired) electrons. The number of hydrogen-bond donors (Lipinski definition) is 0. The van der Waals surface area contributed by atoms with Crippen molar-refractivity contribution in [3.63, 3.8) is 0 Å². The second-order valence-corrected chi connectivity index (χ2v) is 4.38. The van der Waals surface area contributed by atoms with E-state index in [0.717, 1.165) is 11.3 Å². The van der Waals surface area contributed by atoms with Gasteiger partial charge < -0.3 is 4.74 Å². The molecule has 2 aromatic rings. The summed E-state index contributed by atoms with van der Waals surface area (Å²) < 4.78 is 18.1. The maximum Gasteiger partial charge on any atom is 0.236 e. The van der Waals surface area contributed by atoms with Gasteiger partial charge in [0.15, 0.2) is 0 Å². The third-order valence-corrected chi connectivity index (χ3v) is 3.21. The smallest absolute Gasteiger partial charge is 0.236 e. The number of benzene rings is 2. The number of carbonyl (C=O) groups excluding carboxylic acids is 1. The van der Waals surface area contributed by atoms with Crippen molar-refractivity contribution in [2.75, 3.05) is 12.0 Å². The molecule has 4 heteroatoms. The summed E-state index contributed by atoms with van der Waals surface area (Å²) in [7, 11) is 1.58. The van der Waals surface area contributed by atoms with Crippen LogP contribution in [0.25, 0.3) is 0 Å². The number of carbonyl (C=O) groups is 1. The molecule has 3 nitrogen and oxygen atoms in total. The number of hydrogen-bond acceptors (Lipinski definition) is 2. The molecule has 0 N–H and O–H groups in total. The summed E-state index contributed by atoms with van der Waals surface area (Å²) in [4.78, 5) is 13.7. The highest BCUT2D eigenvalue weighted by Gasteiger charge is 2.28. The van der Waals surface area contributed by atoms with E-state index >= 15 is 0 Å². The third-order valence-electron chi connectivity index (χ3n) is 3.21. The lowest BCUT2D eigenvalue weighted by Gasteiger charge is -2.18. The Morgan fingerprint density at radius 3 is 2.58 bits per heavy atom. The van der Waals surface area contributed by atoms with Gasteiger partial charge in [0, 0.05) is 11.8 Å². The van der Waals surface area contributed by atoms with Gasteiger partial charge in [0.2, 0.25) is 5.91 Å². The molecule has 0 unspecified atom stereocenters. The molecule has 1 amide bonds. The van der Waals surface area contributed by atoms with E-state index in [1.165, 1.54) is 12.1 Å². The van der Waals surface area contributed by atoms with Gasteiger partial charge >= 0.3 is 0 Å². The van der Waals surface area contributed by atoms with Crippen LogP contribution in [0, 0.1) is 5.82 Å². The minimum atomic E-state index is -0.318. The van der Waals surface area contributed by atoms with Crippen molar-refractivity contribution in [3.05, 3.63) is 53.8 Å². The maximum absolute atomic E-state index is 13.0. The van der Waals surface area contributed by atoms with Crippen LogP contribution in [0.5, 0.6) is 5.75 Å². The fraction of sp³-hybridized carbons (Fsp3) is 0.133. The molecule has 0 fully saturated rings. The van der Waals surface area contributed by atoms with Crippen LogP contribution in [0.3, 0.4) is 0 Å². The number of halogens is 1. The monoisotopic (exact) mass is 257 g/mol. The number of amides is 1. The lowest BCUT2D eigenvalue weighted by atomic mass is 10.1. The first-order valence-electron chi connectivity index (χ1n) is 5.94. The van der Waals surface area contributed by atoms with Crippen molar-refractivity contribution in [1.29, 1.82) is 0 Å². The van der Waals surface area contributed by atoms with E-state index in [9.17, 15) is 9.18 Å². The van der Waals surface area contributed by atoms with E-state index in [0.29, 0.717) is 17.9 Å². The fourth-order valence-corrected chi connectivity index (χ4v) is 2.28. The lowest BCUT2D eigenvalue weighted by Crippen LogP contribution is -2.20. The molecule has 0 aromatic heterocycles. The van der Waals surface area contributed by atoms with Gasteiger partial charge in [0.1, 0.15) is 11.6 Å². The zero-order valence-corrected chi connectivity index (χ0v) is 10.4. The Morgan fingerprint density at radius 1 is 1.16 bits per heavy atom. The van der Waals surface area contributed by atoms with Crippen LogP contribution in [-0.2, 0) is 11.2 Å². The van der Waals surface area contributed by atoms with E-state index in [4.69, 9.17) is 4.74 Å². The summed E-state index contributed by atoms with van der Waals surface area (Å²) >= 11 is 0. The molecule has 0 saturated carbocycles. The third kappa shape index (κ3) is 1.95. The van der Waals surface area contributed by atoms with E-state index in [-0.39, 0.29) is 11.7 Å². The maximum atomic E-state index is 13.0. The SMILES string of the molecule is COc1ccc2c(c1)N(c1ccc(F)cc1)C(=O)C2. The van der Waals surface area contributed by atoms with Crippen molar-refractivity contribution in [2.45, 2.75) is 6.42 Å². The van der Waals surface area contributed by atoms with Crippen LogP contribution >= 0.6 is 0 Å². The summed E-state index contributed by atoms with van der Waals surface area (Å²) in [5, 5.41) is 0. The molecule has 1 aliphatic heterocycles. The number of methoxy groups -OCH3 is 1. The second kappa shape index (κ2) is 4.39. The van der Waals surface area contributed by atoms with Crippen LogP contribution < -0.4 is 9.64 Å². The first kappa shape index (κ1) is 11.7. The predicted molar refractivity (Wildman–Crippen MR) is 70.2 cm³/mol. The Morgan fingerprint density at radius 2 is 1.89 bits per heavy atom. The van der Waals surface area contributed by atoms with Crippen molar-refractivity contribution >= 4 is 17.3 Å². The average molecular weight is 257 g/mol. The normalized spacial score (nSPS) is 13.6. The van der Waals surface area contributed by atoms with Gasteiger partial charge in [0.05, 0.1) is 19.2 Å². The zero-order valence-electron chi connectivity index (χ0n) is 10.4. The van der Waals surface area contributed by atoms with Crippen LogP contribution in [-0.4, -0.2) is 13.0 Å². The standard InChI is InChI=1S/C15H12FNO2/c1-19-13-7-2-10-8-15(18)17(14(10)9-13)12-5-3-11(16)4-6-12/h2-7,9H,8H2,1H3. The van der Waals surface area contributed by atoms with Gasteiger partial charge in [-0.25, -0.2) is 4.39 Å². The van der Waals surface area contributed by atoms with Crippen molar-refractivity contribution in [2.24, 2.45) is 0 Å². The lowest BCUT2D eigenvalue weighted by molar-refractivity contribution is -0.116. The Hall–Kier alpha value is -2.36. The van der Waals surface area contributed by atoms with Crippen LogP contribution in [0.1, 0.15) is 5.56 Å². The number of rotatable bonds is 2. The van der Waals surface area contributed by atoms with Crippen LogP contribution in [0.15, 0.2) is 42.5 Å². The molecule has 0 bridgehead atoms. The predicted octanol–water partition coefficient (Wildman–Crippen LogP) is 3.06. The molecule has 2 aromatic carbocycles. The quantitative estimate of drug-likeness (QED) is 0.827. The van der Waals surface area contributed by atoms with Crippen LogP contribution in [0.2, 0.25) is 0 Å². The summed E-state index contributed by atoms with van der Waals surface area (Å²) in [5.74, 6) is 0.358. The molecule has 19 heavy (non-hydrogen) atoms. The topological polar surface area (TPSA) is 29.5 Å². The molecular formula is C15H12FNO2. The number of ether oxygens (including phenoxy) is 1. The molecule has 1 heterocycles. The van der Waals surface area contributed by atoms with E-state index in [1.54, 1.807) is 24.1 Å². The van der Waals surface area contributed by atoms with Crippen LogP contribution in [0.4, 0.5) is 15.8 Å². The average Bonchev–Trinajstić information content (AvgIpc) is 2.75. The Balaban J connectivity index is 2.08. The highest BCUT2D eigenvalue weighted by Crippen LogP contribution is 2.37. The van der Waals surface area contributed by atoms with E-state index in [1.807, 2.05) is 18.2 Å². The van der Waals surface area contributed by atoms with E-state index in [2.05, 4.69) is 0 Å². The summed E-state index contributed by atoms with van der Waals surface area (Å²) in [6.45, 7) is 0. The van der Waals surface area contributed by atoms with Crippen molar-refractivity contribution < 1.29 is 13.9 Å². The van der Waals surface area contributed by atoms with Crippen molar-refractivity contribution in [1.82, 2.24) is 0 Å². The molecule has 0 saturated heterocycles. The minimum absolute atomic E-state index is 0.0186. The van der Waals surface area contributed by atoms with Gasteiger partial charge in [-0.3, -0.25) is 9.69 Å². The number of anilines is 2. The molecule has 0 aliphatic carbocycles. The minimum Gasteiger partial charge on any atom is -0.497 e. The van der Waals surface area contributed by atoms with Gasteiger partial charge in [-0.05, 0) is 35.9 Å². The van der Waals surface area contributed by atoms with Gasteiger partial charge in [-0.1, -0.05) is 6.07 Å². The molecule has 0 atom stereocenters. The highest BCUT2D eigenvalue weighted by atomic mass is 19.1. The molecule has 1 aliphatic rings. The van der Waals surface area contributed by atoms with E-state index < -0.39 is 0 Å². The molecule has 3 rings (SSSR count). The highest BCUT2D eigenvalue weighted by molar-refractivity contribution is 6.07. The number of fused-ring (bicyclic) bond motifs is 1.